The second-order valence-electron chi connectivity index (χ2n) is 5.38. The highest BCUT2D eigenvalue weighted by Crippen LogP contribution is 2.39. The summed E-state index contributed by atoms with van der Waals surface area (Å²) in [5, 5.41) is 9.87. The van der Waals surface area contributed by atoms with E-state index in [1.165, 1.54) is 0 Å². The Balaban J connectivity index is 2.39. The molecule has 1 unspecified atom stereocenters. The molecule has 0 aromatic carbocycles. The number of anilines is 2. The lowest BCUT2D eigenvalue weighted by molar-refractivity contribution is 0.262. The van der Waals surface area contributed by atoms with Crippen molar-refractivity contribution >= 4 is 32.2 Å². The maximum atomic E-state index is 12.5. The second-order valence-corrected chi connectivity index (χ2v) is 8.17. The van der Waals surface area contributed by atoms with E-state index in [0.717, 1.165) is 37.3 Å². The van der Waals surface area contributed by atoms with E-state index in [4.69, 9.17) is 5.73 Å². The fraction of sp³-hybridized carbons (Fsp3) is 0.769. The molecule has 3 N–H and O–H groups in total. The summed E-state index contributed by atoms with van der Waals surface area (Å²) in [7, 11) is -3.40. The van der Waals surface area contributed by atoms with Gasteiger partial charge in [0.2, 0.25) is 0 Å². The summed E-state index contributed by atoms with van der Waals surface area (Å²) < 4.78 is 29.0. The minimum atomic E-state index is -3.40. The van der Waals surface area contributed by atoms with Gasteiger partial charge < -0.3 is 15.7 Å². The van der Waals surface area contributed by atoms with Gasteiger partial charge in [-0.05, 0) is 43.6 Å². The number of piperidine rings is 1. The first-order valence-electron chi connectivity index (χ1n) is 7.36. The molecule has 0 amide bonds. The van der Waals surface area contributed by atoms with Crippen molar-refractivity contribution in [3.8, 4) is 0 Å². The standard InChI is InChI=1S/C13H23N3O3S2/c1-2-9-21(18,19)11-12(14)15-20-13(11)16-7-4-3-5-10(16)6-8-17/h10,17H,2-9H2,1H3,(H2,14,15). The van der Waals surface area contributed by atoms with E-state index >= 15 is 0 Å². The summed E-state index contributed by atoms with van der Waals surface area (Å²) in [4.78, 5) is 2.27. The van der Waals surface area contributed by atoms with Gasteiger partial charge >= 0.3 is 0 Å². The number of aliphatic hydroxyl groups excluding tert-OH is 1. The predicted molar refractivity (Wildman–Crippen MR) is 85.6 cm³/mol. The minimum absolute atomic E-state index is 0.0844. The van der Waals surface area contributed by atoms with Gasteiger partial charge in [0.15, 0.2) is 15.7 Å². The van der Waals surface area contributed by atoms with E-state index in [9.17, 15) is 13.5 Å². The Morgan fingerprint density at radius 1 is 1.48 bits per heavy atom. The van der Waals surface area contributed by atoms with Gasteiger partial charge in [0.1, 0.15) is 9.90 Å². The van der Waals surface area contributed by atoms with Crippen LogP contribution in [0.2, 0.25) is 0 Å². The van der Waals surface area contributed by atoms with Gasteiger partial charge in [-0.1, -0.05) is 6.92 Å². The number of aromatic nitrogens is 1. The Morgan fingerprint density at radius 2 is 2.24 bits per heavy atom. The highest BCUT2D eigenvalue weighted by molar-refractivity contribution is 7.91. The molecule has 1 atom stereocenters. The lowest BCUT2D eigenvalue weighted by Gasteiger charge is -2.36. The number of hydrogen-bond donors (Lipinski definition) is 2. The minimum Gasteiger partial charge on any atom is -0.396 e. The van der Waals surface area contributed by atoms with Crippen LogP contribution < -0.4 is 10.6 Å². The van der Waals surface area contributed by atoms with Gasteiger partial charge in [0.25, 0.3) is 0 Å². The molecule has 1 aliphatic rings. The summed E-state index contributed by atoms with van der Waals surface area (Å²) >= 11 is 1.16. The van der Waals surface area contributed by atoms with Crippen molar-refractivity contribution in [3.63, 3.8) is 0 Å². The van der Waals surface area contributed by atoms with Crippen molar-refractivity contribution < 1.29 is 13.5 Å². The van der Waals surface area contributed by atoms with Gasteiger partial charge in [-0.25, -0.2) is 8.42 Å². The largest absolute Gasteiger partial charge is 0.396 e. The molecule has 1 aliphatic heterocycles. The molecule has 21 heavy (non-hydrogen) atoms. The van der Waals surface area contributed by atoms with Crippen LogP contribution in [0.5, 0.6) is 0 Å². The van der Waals surface area contributed by atoms with Crippen molar-refractivity contribution in [1.82, 2.24) is 4.37 Å². The van der Waals surface area contributed by atoms with Gasteiger partial charge in [0.05, 0.1) is 5.75 Å². The molecular formula is C13H23N3O3S2. The van der Waals surface area contributed by atoms with Crippen LogP contribution in [0.1, 0.15) is 39.0 Å². The summed E-state index contributed by atoms with van der Waals surface area (Å²) in [6, 6.07) is 0.166. The molecule has 8 heteroatoms. The molecule has 1 fully saturated rings. The molecule has 1 aromatic rings. The first kappa shape index (κ1) is 16.5. The van der Waals surface area contributed by atoms with E-state index in [-0.39, 0.29) is 29.1 Å². The number of hydrogen-bond acceptors (Lipinski definition) is 7. The van der Waals surface area contributed by atoms with Crippen molar-refractivity contribution in [2.45, 2.75) is 50.0 Å². The van der Waals surface area contributed by atoms with Crippen molar-refractivity contribution in [1.29, 1.82) is 0 Å². The molecule has 6 nitrogen and oxygen atoms in total. The van der Waals surface area contributed by atoms with E-state index in [0.29, 0.717) is 17.8 Å². The van der Waals surface area contributed by atoms with Gasteiger partial charge in [-0.2, -0.15) is 4.37 Å². The van der Waals surface area contributed by atoms with E-state index in [2.05, 4.69) is 9.27 Å². The number of aliphatic hydroxyl groups is 1. The zero-order valence-corrected chi connectivity index (χ0v) is 13.9. The first-order valence-corrected chi connectivity index (χ1v) is 9.79. The maximum Gasteiger partial charge on any atom is 0.185 e. The molecule has 0 radical (unpaired) electrons. The number of rotatable bonds is 6. The number of nitrogens with zero attached hydrogens (tertiary/aromatic N) is 2. The van der Waals surface area contributed by atoms with Crippen molar-refractivity contribution in [3.05, 3.63) is 0 Å². The molecule has 0 spiro atoms. The molecule has 0 saturated carbocycles. The van der Waals surface area contributed by atoms with Crippen LogP contribution in [0.25, 0.3) is 0 Å². The Labute approximate surface area is 130 Å². The lowest BCUT2D eigenvalue weighted by Crippen LogP contribution is -2.40. The van der Waals surface area contributed by atoms with Gasteiger partial charge in [-0.15, -0.1) is 0 Å². The quantitative estimate of drug-likeness (QED) is 0.821. The third kappa shape index (κ3) is 3.49. The summed E-state index contributed by atoms with van der Waals surface area (Å²) in [6.07, 6.45) is 4.29. The monoisotopic (exact) mass is 333 g/mol. The molecule has 1 saturated heterocycles. The van der Waals surface area contributed by atoms with Crippen LogP contribution in [0.3, 0.4) is 0 Å². The second kappa shape index (κ2) is 6.93. The van der Waals surface area contributed by atoms with Crippen LogP contribution in [-0.4, -0.2) is 42.8 Å². The molecule has 2 heterocycles. The Kier molecular flexibility index (Phi) is 5.45. The number of nitrogens with two attached hydrogens (primary N) is 1. The summed E-state index contributed by atoms with van der Waals surface area (Å²) in [6.45, 7) is 2.73. The molecule has 1 aromatic heterocycles. The SMILES string of the molecule is CCCS(=O)(=O)c1c(N)nsc1N1CCCCC1CCO. The maximum absolute atomic E-state index is 12.5. The van der Waals surface area contributed by atoms with E-state index in [1.807, 2.05) is 6.92 Å². The fourth-order valence-electron chi connectivity index (χ4n) is 2.85. The Bertz CT molecular complexity index is 569. The third-order valence-corrected chi connectivity index (χ3v) is 6.79. The normalized spacial score (nSPS) is 19.9. The van der Waals surface area contributed by atoms with Crippen molar-refractivity contribution in [2.75, 3.05) is 29.5 Å². The first-order chi connectivity index (χ1) is 10.0. The summed E-state index contributed by atoms with van der Waals surface area (Å²) in [5.41, 5.74) is 5.83. The highest BCUT2D eigenvalue weighted by Gasteiger charge is 2.32. The van der Waals surface area contributed by atoms with E-state index < -0.39 is 9.84 Å². The number of sulfone groups is 1. The smallest absolute Gasteiger partial charge is 0.185 e. The topological polar surface area (TPSA) is 96.5 Å². The highest BCUT2D eigenvalue weighted by atomic mass is 32.2. The molecule has 0 aliphatic carbocycles. The van der Waals surface area contributed by atoms with Gasteiger partial charge in [0, 0.05) is 19.2 Å². The van der Waals surface area contributed by atoms with Crippen molar-refractivity contribution in [2.24, 2.45) is 0 Å². The Hall–Kier alpha value is -0.860. The van der Waals surface area contributed by atoms with Gasteiger partial charge in [-0.3, -0.25) is 0 Å². The average molecular weight is 333 g/mol. The number of nitrogen functional groups attached to an aromatic ring is 1. The van der Waals surface area contributed by atoms with Crippen LogP contribution in [0.4, 0.5) is 10.8 Å². The Morgan fingerprint density at radius 3 is 2.90 bits per heavy atom. The van der Waals surface area contributed by atoms with Crippen LogP contribution >= 0.6 is 11.5 Å². The third-order valence-electron chi connectivity index (χ3n) is 3.79. The predicted octanol–water partition coefficient (Wildman–Crippen LogP) is 1.65. The van der Waals surface area contributed by atoms with Crippen LogP contribution in [0, 0.1) is 0 Å². The summed E-state index contributed by atoms with van der Waals surface area (Å²) in [5.74, 6) is 0.193. The molecule has 0 bridgehead atoms. The lowest BCUT2D eigenvalue weighted by atomic mass is 10.00. The van der Waals surface area contributed by atoms with Crippen LogP contribution in [-0.2, 0) is 9.84 Å². The van der Waals surface area contributed by atoms with E-state index in [1.54, 1.807) is 0 Å². The molecular weight excluding hydrogens is 310 g/mol. The fourth-order valence-corrected chi connectivity index (χ4v) is 5.70. The average Bonchev–Trinajstić information content (AvgIpc) is 2.82. The zero-order chi connectivity index (χ0) is 15.5. The molecule has 120 valence electrons. The van der Waals surface area contributed by atoms with Crippen LogP contribution in [0.15, 0.2) is 4.90 Å². The zero-order valence-electron chi connectivity index (χ0n) is 12.3. The molecule has 2 rings (SSSR count).